The number of rotatable bonds is 2. The Morgan fingerprint density at radius 1 is 1.20 bits per heavy atom. The van der Waals surface area contributed by atoms with E-state index in [-0.39, 0.29) is 5.97 Å². The van der Waals surface area contributed by atoms with Gasteiger partial charge >= 0.3 is 5.97 Å². The minimum Gasteiger partial charge on any atom is -0.457 e. The van der Waals surface area contributed by atoms with Crippen LogP contribution in [0.3, 0.4) is 0 Å². The Balaban J connectivity index is 1.52. The molecule has 0 saturated carbocycles. The van der Waals surface area contributed by atoms with Gasteiger partial charge in [0.2, 0.25) is 0 Å². The molecule has 5 rings (SSSR count). The zero-order chi connectivity index (χ0) is 17.0. The van der Waals surface area contributed by atoms with E-state index in [0.717, 1.165) is 42.8 Å². The molecule has 3 aromatic rings. The van der Waals surface area contributed by atoms with Crippen LogP contribution in [0.1, 0.15) is 32.9 Å². The molecular formula is C20H19N3O2. The van der Waals surface area contributed by atoms with Crippen LogP contribution in [0, 0.1) is 6.92 Å². The van der Waals surface area contributed by atoms with E-state index in [1.165, 1.54) is 16.6 Å². The van der Waals surface area contributed by atoms with E-state index < -0.39 is 0 Å². The summed E-state index contributed by atoms with van der Waals surface area (Å²) in [6.45, 7) is 6.11. The van der Waals surface area contributed by atoms with Crippen molar-refractivity contribution >= 4 is 16.7 Å². The molecule has 0 aliphatic carbocycles. The highest BCUT2D eigenvalue weighted by molar-refractivity contribution is 6.08. The van der Waals surface area contributed by atoms with E-state index in [9.17, 15) is 4.79 Å². The summed E-state index contributed by atoms with van der Waals surface area (Å²) < 4.78 is 7.38. The Hall–Kier alpha value is -2.66. The molecule has 0 atom stereocenters. The molecule has 2 aromatic carbocycles. The van der Waals surface area contributed by atoms with Crippen LogP contribution in [0.2, 0.25) is 0 Å². The lowest BCUT2D eigenvalue weighted by atomic mass is 9.94. The number of benzene rings is 2. The zero-order valence-electron chi connectivity index (χ0n) is 14.2. The molecule has 2 aliphatic heterocycles. The molecule has 5 heteroatoms. The van der Waals surface area contributed by atoms with Gasteiger partial charge in [0, 0.05) is 25.0 Å². The SMILES string of the molecule is Cc1cc2n(n1)CCN(Cc1ccc3c4c(cccc14)C(=O)OC3)C2. The predicted molar refractivity (Wildman–Crippen MR) is 94.1 cm³/mol. The van der Waals surface area contributed by atoms with E-state index >= 15 is 0 Å². The number of carbonyl (C=O) groups excluding carboxylic acids is 1. The van der Waals surface area contributed by atoms with Gasteiger partial charge in [0.05, 0.1) is 23.5 Å². The van der Waals surface area contributed by atoms with Crippen LogP contribution < -0.4 is 0 Å². The number of cyclic esters (lactones) is 1. The first-order chi connectivity index (χ1) is 12.2. The molecule has 0 unspecified atom stereocenters. The van der Waals surface area contributed by atoms with Crippen molar-refractivity contribution in [3.8, 4) is 0 Å². The molecule has 0 N–H and O–H groups in total. The average Bonchev–Trinajstić information content (AvgIpc) is 2.99. The Morgan fingerprint density at radius 3 is 3.04 bits per heavy atom. The maximum atomic E-state index is 12.1. The van der Waals surface area contributed by atoms with Gasteiger partial charge < -0.3 is 4.74 Å². The van der Waals surface area contributed by atoms with Gasteiger partial charge in [0.1, 0.15) is 6.61 Å². The van der Waals surface area contributed by atoms with Crippen molar-refractivity contribution in [1.29, 1.82) is 0 Å². The molecule has 0 spiro atoms. The zero-order valence-corrected chi connectivity index (χ0v) is 14.2. The van der Waals surface area contributed by atoms with E-state index in [4.69, 9.17) is 4.74 Å². The third-order valence-electron chi connectivity index (χ3n) is 5.19. The number of hydrogen-bond acceptors (Lipinski definition) is 4. The summed E-state index contributed by atoms with van der Waals surface area (Å²) in [6, 6.07) is 12.4. The number of carbonyl (C=O) groups is 1. The molecule has 0 fully saturated rings. The van der Waals surface area contributed by atoms with Crippen LogP contribution in [-0.2, 0) is 31.0 Å². The monoisotopic (exact) mass is 333 g/mol. The normalized spacial score (nSPS) is 16.8. The maximum Gasteiger partial charge on any atom is 0.339 e. The van der Waals surface area contributed by atoms with E-state index in [2.05, 4.69) is 38.9 Å². The van der Waals surface area contributed by atoms with Crippen LogP contribution in [0.15, 0.2) is 36.4 Å². The molecule has 25 heavy (non-hydrogen) atoms. The summed E-state index contributed by atoms with van der Waals surface area (Å²) in [5, 5.41) is 6.76. The molecule has 3 heterocycles. The van der Waals surface area contributed by atoms with Crippen molar-refractivity contribution in [2.24, 2.45) is 0 Å². The molecule has 126 valence electrons. The minimum absolute atomic E-state index is 0.215. The van der Waals surface area contributed by atoms with Crippen molar-refractivity contribution in [1.82, 2.24) is 14.7 Å². The van der Waals surface area contributed by atoms with E-state index in [0.29, 0.717) is 12.2 Å². The third kappa shape index (κ3) is 2.35. The number of aromatic nitrogens is 2. The van der Waals surface area contributed by atoms with Crippen molar-refractivity contribution in [2.75, 3.05) is 6.54 Å². The highest BCUT2D eigenvalue weighted by Gasteiger charge is 2.23. The van der Waals surface area contributed by atoms with Crippen LogP contribution in [-0.4, -0.2) is 27.2 Å². The molecule has 5 nitrogen and oxygen atoms in total. The van der Waals surface area contributed by atoms with Gasteiger partial charge in [-0.2, -0.15) is 5.10 Å². The first kappa shape index (κ1) is 14.7. The first-order valence-electron chi connectivity index (χ1n) is 8.65. The highest BCUT2D eigenvalue weighted by atomic mass is 16.5. The molecular weight excluding hydrogens is 314 g/mol. The topological polar surface area (TPSA) is 47.4 Å². The number of esters is 1. The van der Waals surface area contributed by atoms with E-state index in [1.54, 1.807) is 0 Å². The van der Waals surface area contributed by atoms with Gasteiger partial charge in [0.25, 0.3) is 0 Å². The minimum atomic E-state index is -0.215. The van der Waals surface area contributed by atoms with Gasteiger partial charge in [-0.25, -0.2) is 4.79 Å². The second kappa shape index (κ2) is 5.43. The van der Waals surface area contributed by atoms with Crippen molar-refractivity contribution in [3.05, 3.63) is 64.5 Å². The summed E-state index contributed by atoms with van der Waals surface area (Å²) in [6.07, 6.45) is 0. The Labute approximate surface area is 145 Å². The standard InChI is InChI=1S/C20H19N3O2/c1-13-9-16-11-22(7-8-23(16)21-13)10-14-5-6-15-12-25-20(24)18-4-2-3-17(14)19(15)18/h2-6,9H,7-8,10-12H2,1H3. The number of nitrogens with zero attached hydrogens (tertiary/aromatic N) is 3. The Morgan fingerprint density at radius 2 is 2.12 bits per heavy atom. The fraction of sp³-hybridized carbons (Fsp3) is 0.300. The summed E-state index contributed by atoms with van der Waals surface area (Å²) in [4.78, 5) is 14.5. The number of aryl methyl sites for hydroxylation is 1. The van der Waals surface area contributed by atoms with Crippen LogP contribution in [0.25, 0.3) is 10.8 Å². The molecule has 0 saturated heterocycles. The van der Waals surface area contributed by atoms with Gasteiger partial charge in [-0.1, -0.05) is 24.3 Å². The number of hydrogen-bond donors (Lipinski definition) is 0. The molecule has 1 aromatic heterocycles. The third-order valence-corrected chi connectivity index (χ3v) is 5.19. The fourth-order valence-corrected chi connectivity index (χ4v) is 4.03. The maximum absolute atomic E-state index is 12.1. The second-order valence-electron chi connectivity index (χ2n) is 6.90. The summed E-state index contributed by atoms with van der Waals surface area (Å²) in [5.74, 6) is -0.215. The summed E-state index contributed by atoms with van der Waals surface area (Å²) in [7, 11) is 0. The molecule has 0 bridgehead atoms. The molecule has 0 radical (unpaired) electrons. The number of fused-ring (bicyclic) bond motifs is 1. The molecule has 0 amide bonds. The first-order valence-corrected chi connectivity index (χ1v) is 8.65. The van der Waals surface area contributed by atoms with Gasteiger partial charge in [-0.15, -0.1) is 0 Å². The molecule has 2 aliphatic rings. The Bertz CT molecular complexity index is 1010. The lowest BCUT2D eigenvalue weighted by Gasteiger charge is -2.28. The predicted octanol–water partition coefficient (Wildman–Crippen LogP) is 3.03. The van der Waals surface area contributed by atoms with Gasteiger partial charge in [-0.3, -0.25) is 9.58 Å². The highest BCUT2D eigenvalue weighted by Crippen LogP contribution is 2.32. The van der Waals surface area contributed by atoms with Crippen molar-refractivity contribution in [3.63, 3.8) is 0 Å². The average molecular weight is 333 g/mol. The van der Waals surface area contributed by atoms with Crippen molar-refractivity contribution < 1.29 is 9.53 Å². The lowest BCUT2D eigenvalue weighted by Crippen LogP contribution is -2.33. The van der Waals surface area contributed by atoms with Gasteiger partial charge in [0.15, 0.2) is 0 Å². The lowest BCUT2D eigenvalue weighted by molar-refractivity contribution is 0.0463. The van der Waals surface area contributed by atoms with Crippen LogP contribution in [0.5, 0.6) is 0 Å². The largest absolute Gasteiger partial charge is 0.457 e. The van der Waals surface area contributed by atoms with Crippen LogP contribution in [0.4, 0.5) is 0 Å². The number of ether oxygens (including phenoxy) is 1. The quantitative estimate of drug-likeness (QED) is 0.676. The smallest absolute Gasteiger partial charge is 0.339 e. The summed E-state index contributed by atoms with van der Waals surface area (Å²) in [5.41, 5.74) is 5.40. The van der Waals surface area contributed by atoms with Crippen LogP contribution >= 0.6 is 0 Å². The van der Waals surface area contributed by atoms with Crippen molar-refractivity contribution in [2.45, 2.75) is 33.2 Å². The fourth-order valence-electron chi connectivity index (χ4n) is 4.03. The second-order valence-corrected chi connectivity index (χ2v) is 6.90. The van der Waals surface area contributed by atoms with E-state index in [1.807, 2.05) is 19.1 Å². The van der Waals surface area contributed by atoms with Gasteiger partial charge in [-0.05, 0) is 35.6 Å². The summed E-state index contributed by atoms with van der Waals surface area (Å²) >= 11 is 0. The Kier molecular flexibility index (Phi) is 3.18.